The van der Waals surface area contributed by atoms with E-state index in [2.05, 4.69) is 21.0 Å². The van der Waals surface area contributed by atoms with Crippen LogP contribution in [0, 0.1) is 11.3 Å². The van der Waals surface area contributed by atoms with E-state index < -0.39 is 21.2 Å². The zero-order valence-electron chi connectivity index (χ0n) is 12.3. The lowest BCUT2D eigenvalue weighted by atomic mass is 10.3. The molecule has 1 aliphatic rings. The molecule has 0 radical (unpaired) electrons. The molecule has 10 heteroatoms. The summed E-state index contributed by atoms with van der Waals surface area (Å²) in [4.78, 5) is 13.5. The molecule has 24 heavy (non-hydrogen) atoms. The van der Waals surface area contributed by atoms with E-state index >= 15 is 0 Å². The van der Waals surface area contributed by atoms with Crippen LogP contribution in [0.25, 0.3) is 5.69 Å². The maximum Gasteiger partial charge on any atom is 0.229 e. The number of rotatable bonds is 3. The van der Waals surface area contributed by atoms with Gasteiger partial charge in [-0.1, -0.05) is 15.9 Å². The van der Waals surface area contributed by atoms with Gasteiger partial charge in [-0.05, 0) is 24.3 Å². The number of aromatic nitrogens is 2. The molecular formula is C14H12BrN5O3S. The number of anilines is 1. The van der Waals surface area contributed by atoms with Crippen molar-refractivity contribution in [1.29, 1.82) is 5.26 Å². The number of halogens is 1. The molecule has 0 bridgehead atoms. The fourth-order valence-electron chi connectivity index (χ4n) is 2.55. The molecule has 2 N–H and O–H groups in total. The fourth-order valence-corrected chi connectivity index (χ4v) is 3.55. The predicted molar refractivity (Wildman–Crippen MR) is 89.8 cm³/mol. The molecule has 2 aromatic rings. The molecule has 1 saturated heterocycles. The first-order valence-electron chi connectivity index (χ1n) is 6.87. The van der Waals surface area contributed by atoms with Crippen LogP contribution in [-0.4, -0.2) is 35.9 Å². The van der Waals surface area contributed by atoms with Gasteiger partial charge in [0.2, 0.25) is 15.9 Å². The summed E-state index contributed by atoms with van der Waals surface area (Å²) in [5.41, 5.74) is 0.822. The number of nitriles is 1. The number of sulfonamides is 1. The maximum absolute atomic E-state index is 12.3. The second-order valence-corrected chi connectivity index (χ2v) is 8.06. The molecular weight excluding hydrogens is 398 g/mol. The average molecular weight is 410 g/mol. The number of benzene rings is 1. The first kappa shape index (κ1) is 16.6. The van der Waals surface area contributed by atoms with Gasteiger partial charge < -0.3 is 0 Å². The van der Waals surface area contributed by atoms with Gasteiger partial charge in [-0.2, -0.15) is 10.4 Å². The molecule has 2 heterocycles. The molecule has 1 atom stereocenters. The van der Waals surface area contributed by atoms with Crippen molar-refractivity contribution in [3.63, 3.8) is 0 Å². The number of hydrogen-bond donors (Lipinski definition) is 1. The normalized spacial score (nSPS) is 18.0. The fraction of sp³-hybridized carbons (Fsp3) is 0.214. The molecule has 1 aliphatic heterocycles. The Bertz CT molecular complexity index is 946. The van der Waals surface area contributed by atoms with Crippen LogP contribution < -0.4 is 10.0 Å². The van der Waals surface area contributed by atoms with E-state index in [1.807, 2.05) is 6.07 Å². The van der Waals surface area contributed by atoms with Crippen molar-refractivity contribution in [2.24, 2.45) is 5.14 Å². The van der Waals surface area contributed by atoms with Crippen LogP contribution in [-0.2, 0) is 14.8 Å². The number of primary sulfonamides is 1. The van der Waals surface area contributed by atoms with E-state index in [-0.39, 0.29) is 24.3 Å². The Morgan fingerprint density at radius 3 is 2.54 bits per heavy atom. The number of amides is 1. The molecule has 3 rings (SSSR count). The minimum absolute atomic E-state index is 0.103. The summed E-state index contributed by atoms with van der Waals surface area (Å²) < 4.78 is 25.4. The van der Waals surface area contributed by atoms with Gasteiger partial charge in [-0.3, -0.25) is 9.69 Å². The van der Waals surface area contributed by atoms with E-state index in [1.54, 1.807) is 24.3 Å². The minimum Gasteiger partial charge on any atom is -0.294 e. The summed E-state index contributed by atoms with van der Waals surface area (Å²) in [5, 5.41) is 17.6. The van der Waals surface area contributed by atoms with Crippen LogP contribution in [0.4, 0.5) is 5.82 Å². The summed E-state index contributed by atoms with van der Waals surface area (Å²) in [6, 6.07) is 9.10. The number of carbonyl (C=O) groups excluding carboxylic acids is 1. The Balaban J connectivity index is 2.08. The third kappa shape index (κ3) is 2.93. The van der Waals surface area contributed by atoms with Crippen molar-refractivity contribution >= 4 is 37.7 Å². The highest BCUT2D eigenvalue weighted by Crippen LogP contribution is 2.29. The topological polar surface area (TPSA) is 122 Å². The summed E-state index contributed by atoms with van der Waals surface area (Å²) in [6.45, 7) is -0.103. The Morgan fingerprint density at radius 2 is 2.00 bits per heavy atom. The Labute approximate surface area is 146 Å². The monoisotopic (exact) mass is 409 g/mol. The lowest BCUT2D eigenvalue weighted by Crippen LogP contribution is -2.33. The molecule has 1 aromatic carbocycles. The first-order chi connectivity index (χ1) is 11.3. The van der Waals surface area contributed by atoms with Gasteiger partial charge in [-0.25, -0.2) is 18.2 Å². The maximum atomic E-state index is 12.3. The van der Waals surface area contributed by atoms with E-state index in [0.29, 0.717) is 5.69 Å². The van der Waals surface area contributed by atoms with Gasteiger partial charge in [0.1, 0.15) is 16.9 Å². The van der Waals surface area contributed by atoms with Crippen LogP contribution in [0.3, 0.4) is 0 Å². The molecule has 1 amide bonds. The van der Waals surface area contributed by atoms with Crippen molar-refractivity contribution in [2.45, 2.75) is 11.7 Å². The summed E-state index contributed by atoms with van der Waals surface area (Å²) in [5.74, 6) is -0.166. The number of nitrogens with two attached hydrogens (primary N) is 1. The van der Waals surface area contributed by atoms with Crippen LogP contribution in [0.5, 0.6) is 0 Å². The summed E-state index contributed by atoms with van der Waals surface area (Å²) in [6.07, 6.45) is 1.13. The molecule has 1 aromatic heterocycles. The van der Waals surface area contributed by atoms with E-state index in [4.69, 9.17) is 5.14 Å². The zero-order valence-corrected chi connectivity index (χ0v) is 14.7. The van der Waals surface area contributed by atoms with Crippen molar-refractivity contribution in [1.82, 2.24) is 9.78 Å². The number of carbonyl (C=O) groups is 1. The molecule has 124 valence electrons. The summed E-state index contributed by atoms with van der Waals surface area (Å²) in [7, 11) is -3.84. The molecule has 1 fully saturated rings. The van der Waals surface area contributed by atoms with E-state index in [9.17, 15) is 18.5 Å². The second kappa shape index (κ2) is 6.01. The smallest absolute Gasteiger partial charge is 0.229 e. The van der Waals surface area contributed by atoms with Crippen molar-refractivity contribution < 1.29 is 13.2 Å². The van der Waals surface area contributed by atoms with Crippen molar-refractivity contribution in [2.75, 3.05) is 11.4 Å². The molecule has 1 unspecified atom stereocenters. The van der Waals surface area contributed by atoms with Crippen LogP contribution in [0.1, 0.15) is 12.0 Å². The van der Waals surface area contributed by atoms with Gasteiger partial charge in [-0.15, -0.1) is 0 Å². The van der Waals surface area contributed by atoms with Gasteiger partial charge in [0.25, 0.3) is 0 Å². The number of hydrogen-bond acceptors (Lipinski definition) is 5. The first-order valence-corrected chi connectivity index (χ1v) is 9.27. The highest BCUT2D eigenvalue weighted by Gasteiger charge is 2.39. The highest BCUT2D eigenvalue weighted by molar-refractivity contribution is 9.10. The Hall–Kier alpha value is -2.22. The zero-order chi connectivity index (χ0) is 17.5. The van der Waals surface area contributed by atoms with E-state index in [1.165, 1.54) is 15.8 Å². The lowest BCUT2D eigenvalue weighted by molar-refractivity contribution is -0.117. The van der Waals surface area contributed by atoms with Gasteiger partial charge in [0.15, 0.2) is 5.82 Å². The Morgan fingerprint density at radius 1 is 1.33 bits per heavy atom. The molecule has 0 spiro atoms. The standard InChI is InChI=1S/C14H12BrN5O3S/c15-10-1-3-11(4-2-10)20-14(9(6-16)7-18-20)19-8-12(5-13(19)21)24(17,22)23/h1-4,7,12H,5,8H2,(H2,17,22,23). The third-order valence-corrected chi connectivity index (χ3v) is 5.52. The second-order valence-electron chi connectivity index (χ2n) is 5.30. The van der Waals surface area contributed by atoms with Crippen LogP contribution in [0.15, 0.2) is 34.9 Å². The van der Waals surface area contributed by atoms with Crippen molar-refractivity contribution in [3.05, 3.63) is 40.5 Å². The SMILES string of the molecule is N#Cc1cnn(-c2ccc(Br)cc2)c1N1CC(S(N)(=O)=O)CC1=O. The van der Waals surface area contributed by atoms with Crippen LogP contribution >= 0.6 is 15.9 Å². The summed E-state index contributed by atoms with van der Waals surface area (Å²) >= 11 is 3.33. The molecule has 8 nitrogen and oxygen atoms in total. The third-order valence-electron chi connectivity index (χ3n) is 3.75. The molecule has 0 saturated carbocycles. The van der Waals surface area contributed by atoms with Gasteiger partial charge in [0.05, 0.1) is 11.9 Å². The Kier molecular flexibility index (Phi) is 4.16. The highest BCUT2D eigenvalue weighted by atomic mass is 79.9. The van der Waals surface area contributed by atoms with E-state index in [0.717, 1.165) is 4.47 Å². The lowest BCUT2D eigenvalue weighted by Gasteiger charge is -2.18. The largest absolute Gasteiger partial charge is 0.294 e. The van der Waals surface area contributed by atoms with Crippen LogP contribution in [0.2, 0.25) is 0 Å². The van der Waals surface area contributed by atoms with Gasteiger partial charge >= 0.3 is 0 Å². The predicted octanol–water partition coefficient (Wildman–Crippen LogP) is 0.900. The quantitative estimate of drug-likeness (QED) is 0.806. The molecule has 0 aliphatic carbocycles. The number of nitrogens with zero attached hydrogens (tertiary/aromatic N) is 4. The average Bonchev–Trinajstić information content (AvgIpc) is 3.10. The van der Waals surface area contributed by atoms with Crippen molar-refractivity contribution in [3.8, 4) is 11.8 Å². The minimum atomic E-state index is -3.84. The van der Waals surface area contributed by atoms with Gasteiger partial charge in [0, 0.05) is 17.4 Å².